The molecule has 142 valence electrons. The molecular weight excluding hydrogens is 340 g/mol. The molecule has 1 amide bonds. The molecule has 0 radical (unpaired) electrons. The van der Waals surface area contributed by atoms with E-state index in [9.17, 15) is 4.79 Å². The number of benzene rings is 1. The van der Waals surface area contributed by atoms with Gasteiger partial charge in [0.25, 0.3) is 0 Å². The highest BCUT2D eigenvalue weighted by Gasteiger charge is 2.14. The van der Waals surface area contributed by atoms with Crippen molar-refractivity contribution in [2.45, 2.75) is 46.1 Å². The first kappa shape index (κ1) is 18.9. The first-order chi connectivity index (χ1) is 13.1. The molecule has 27 heavy (non-hydrogen) atoms. The Morgan fingerprint density at radius 1 is 1.07 bits per heavy atom. The van der Waals surface area contributed by atoms with Crippen LogP contribution in [0.4, 0.5) is 4.79 Å². The Hall–Kier alpha value is -2.89. The van der Waals surface area contributed by atoms with Crippen LogP contribution in [0.3, 0.4) is 0 Å². The molecule has 0 atom stereocenters. The van der Waals surface area contributed by atoms with Crippen molar-refractivity contribution in [3.63, 3.8) is 0 Å². The fraction of sp³-hybridized carbons (Fsp3) is 0.381. The molecule has 6 nitrogen and oxygen atoms in total. The van der Waals surface area contributed by atoms with E-state index in [0.29, 0.717) is 6.54 Å². The molecular formula is C21H26N4O2. The molecule has 0 aliphatic carbocycles. The minimum Gasteiger partial charge on any atom is -0.465 e. The van der Waals surface area contributed by atoms with E-state index in [0.717, 1.165) is 65.8 Å². The number of hydrogen-bond acceptors (Lipinski definition) is 3. The van der Waals surface area contributed by atoms with Gasteiger partial charge in [0, 0.05) is 29.7 Å². The molecule has 0 unspecified atom stereocenters. The van der Waals surface area contributed by atoms with Gasteiger partial charge in [0.05, 0.1) is 16.9 Å². The van der Waals surface area contributed by atoms with Crippen LogP contribution in [-0.4, -0.2) is 32.5 Å². The van der Waals surface area contributed by atoms with Crippen LogP contribution in [0, 0.1) is 13.8 Å². The van der Waals surface area contributed by atoms with Crippen LogP contribution in [0.5, 0.6) is 0 Å². The molecule has 3 aromatic rings. The highest BCUT2D eigenvalue weighted by Crippen LogP contribution is 2.27. The molecule has 3 rings (SSSR count). The monoisotopic (exact) mass is 366 g/mol. The van der Waals surface area contributed by atoms with E-state index in [2.05, 4.69) is 35.1 Å². The zero-order valence-electron chi connectivity index (χ0n) is 15.9. The average molecular weight is 366 g/mol. The van der Waals surface area contributed by atoms with Gasteiger partial charge in [-0.05, 0) is 38.8 Å². The normalized spacial score (nSPS) is 11.0. The van der Waals surface area contributed by atoms with Crippen LogP contribution >= 0.6 is 0 Å². The Bertz CT molecular complexity index is 933. The summed E-state index contributed by atoms with van der Waals surface area (Å²) in [5.41, 5.74) is 5.22. The Kier molecular flexibility index (Phi) is 6.06. The van der Waals surface area contributed by atoms with Crippen molar-refractivity contribution in [3.8, 4) is 11.3 Å². The third-order valence-electron chi connectivity index (χ3n) is 4.81. The van der Waals surface area contributed by atoms with Gasteiger partial charge >= 0.3 is 6.09 Å². The summed E-state index contributed by atoms with van der Waals surface area (Å²) in [7, 11) is 0. The van der Waals surface area contributed by atoms with Crippen LogP contribution in [0.15, 0.2) is 36.4 Å². The lowest BCUT2D eigenvalue weighted by Gasteiger charge is -2.07. The Balaban J connectivity index is 1.63. The minimum absolute atomic E-state index is 0.521. The molecule has 0 saturated carbocycles. The van der Waals surface area contributed by atoms with Gasteiger partial charge in [0.2, 0.25) is 0 Å². The third kappa shape index (κ3) is 4.64. The third-order valence-corrected chi connectivity index (χ3v) is 4.81. The number of aromatic nitrogens is 3. The highest BCUT2D eigenvalue weighted by molar-refractivity contribution is 5.82. The maximum atomic E-state index is 10.4. The summed E-state index contributed by atoms with van der Waals surface area (Å²) in [6.45, 7) is 5.52. The van der Waals surface area contributed by atoms with E-state index in [-0.39, 0.29) is 0 Å². The quantitative estimate of drug-likeness (QED) is 0.574. The number of carboxylic acid groups (broad SMARTS) is 1. The van der Waals surface area contributed by atoms with Crippen molar-refractivity contribution >= 4 is 17.0 Å². The standard InChI is InChI=1S/C21H26N4O2/c1-15-20(19-12-11-17-9-5-6-10-18(17)23-19)16(2)25(24-15)14-8-4-3-7-13-22-21(26)27/h5-6,9-12,22H,3-4,7-8,13-14H2,1-2H3,(H,26,27). The van der Waals surface area contributed by atoms with Gasteiger partial charge < -0.3 is 10.4 Å². The van der Waals surface area contributed by atoms with Gasteiger partial charge in [0.1, 0.15) is 0 Å². The van der Waals surface area contributed by atoms with Gasteiger partial charge in [-0.2, -0.15) is 5.10 Å². The molecule has 0 fully saturated rings. The molecule has 0 saturated heterocycles. The van der Waals surface area contributed by atoms with E-state index >= 15 is 0 Å². The predicted octanol–water partition coefficient (Wildman–Crippen LogP) is 4.54. The summed E-state index contributed by atoms with van der Waals surface area (Å²) in [6, 6.07) is 12.3. The van der Waals surface area contributed by atoms with Crippen molar-refractivity contribution in [1.29, 1.82) is 0 Å². The first-order valence-electron chi connectivity index (χ1n) is 9.43. The lowest BCUT2D eigenvalue weighted by atomic mass is 10.1. The maximum Gasteiger partial charge on any atom is 0.404 e. The lowest BCUT2D eigenvalue weighted by Crippen LogP contribution is -2.21. The molecule has 2 N–H and O–H groups in total. The number of rotatable bonds is 8. The maximum absolute atomic E-state index is 10.4. The topological polar surface area (TPSA) is 80.0 Å². The Labute approximate surface area is 159 Å². The Morgan fingerprint density at radius 2 is 1.85 bits per heavy atom. The zero-order chi connectivity index (χ0) is 19.2. The SMILES string of the molecule is Cc1nn(CCCCCCNC(=O)O)c(C)c1-c1ccc2ccccc2n1. The molecule has 1 aromatic carbocycles. The number of hydrogen-bond donors (Lipinski definition) is 2. The number of nitrogens with zero attached hydrogens (tertiary/aromatic N) is 3. The molecule has 0 aliphatic heterocycles. The minimum atomic E-state index is -0.951. The van der Waals surface area contributed by atoms with E-state index in [1.807, 2.05) is 25.1 Å². The molecule has 2 heterocycles. The number of fused-ring (bicyclic) bond motifs is 1. The van der Waals surface area contributed by atoms with Gasteiger partial charge in [0.15, 0.2) is 0 Å². The first-order valence-corrected chi connectivity index (χ1v) is 9.43. The van der Waals surface area contributed by atoms with Gasteiger partial charge in [-0.3, -0.25) is 4.68 Å². The van der Waals surface area contributed by atoms with Crippen LogP contribution in [0.1, 0.15) is 37.1 Å². The smallest absolute Gasteiger partial charge is 0.404 e. The van der Waals surface area contributed by atoms with Gasteiger partial charge in [-0.1, -0.05) is 37.1 Å². The molecule has 0 aliphatic rings. The second-order valence-corrected chi connectivity index (χ2v) is 6.80. The van der Waals surface area contributed by atoms with E-state index < -0.39 is 6.09 Å². The largest absolute Gasteiger partial charge is 0.465 e. The van der Waals surface area contributed by atoms with Crippen molar-refractivity contribution in [2.24, 2.45) is 0 Å². The number of para-hydroxylation sites is 1. The summed E-state index contributed by atoms with van der Waals surface area (Å²) >= 11 is 0. The molecule has 0 spiro atoms. The average Bonchev–Trinajstić information content (AvgIpc) is 2.94. The number of pyridine rings is 1. The summed E-state index contributed by atoms with van der Waals surface area (Å²) in [4.78, 5) is 15.2. The predicted molar refractivity (Wildman–Crippen MR) is 107 cm³/mol. The number of unbranched alkanes of at least 4 members (excludes halogenated alkanes) is 3. The molecule has 6 heteroatoms. The molecule has 0 bridgehead atoms. The van der Waals surface area contributed by atoms with Crippen LogP contribution in [0.25, 0.3) is 22.2 Å². The Morgan fingerprint density at radius 3 is 2.67 bits per heavy atom. The second-order valence-electron chi connectivity index (χ2n) is 6.80. The number of nitrogens with one attached hydrogen (secondary N) is 1. The summed E-state index contributed by atoms with van der Waals surface area (Å²) in [5, 5.41) is 16.8. The van der Waals surface area contributed by atoms with Crippen molar-refractivity contribution in [2.75, 3.05) is 6.54 Å². The lowest BCUT2D eigenvalue weighted by molar-refractivity contribution is 0.194. The van der Waals surface area contributed by atoms with Crippen molar-refractivity contribution in [3.05, 3.63) is 47.8 Å². The van der Waals surface area contributed by atoms with E-state index in [1.165, 1.54) is 0 Å². The van der Waals surface area contributed by atoms with E-state index in [4.69, 9.17) is 15.2 Å². The van der Waals surface area contributed by atoms with E-state index in [1.54, 1.807) is 0 Å². The van der Waals surface area contributed by atoms with Gasteiger partial charge in [-0.25, -0.2) is 9.78 Å². The van der Waals surface area contributed by atoms with Crippen LogP contribution in [0.2, 0.25) is 0 Å². The summed E-state index contributed by atoms with van der Waals surface area (Å²) in [5.74, 6) is 0. The zero-order valence-corrected chi connectivity index (χ0v) is 15.9. The number of carbonyl (C=O) groups is 1. The van der Waals surface area contributed by atoms with Crippen molar-refractivity contribution in [1.82, 2.24) is 20.1 Å². The second kappa shape index (κ2) is 8.66. The van der Waals surface area contributed by atoms with Crippen LogP contribution < -0.4 is 5.32 Å². The van der Waals surface area contributed by atoms with Crippen molar-refractivity contribution < 1.29 is 9.90 Å². The fourth-order valence-electron chi connectivity index (χ4n) is 3.43. The van der Waals surface area contributed by atoms with Gasteiger partial charge in [-0.15, -0.1) is 0 Å². The van der Waals surface area contributed by atoms with Crippen LogP contribution in [-0.2, 0) is 6.54 Å². The summed E-state index contributed by atoms with van der Waals surface area (Å²) < 4.78 is 2.07. The number of amides is 1. The molecule has 2 aromatic heterocycles. The highest BCUT2D eigenvalue weighted by atomic mass is 16.4. The fourth-order valence-corrected chi connectivity index (χ4v) is 3.43. The summed E-state index contributed by atoms with van der Waals surface area (Å²) in [6.07, 6.45) is 3.02. The number of aryl methyl sites for hydroxylation is 2.